The average Bonchev–Trinajstić information content (AvgIpc) is 2.74. The van der Waals surface area contributed by atoms with Gasteiger partial charge < -0.3 is 5.73 Å². The van der Waals surface area contributed by atoms with Gasteiger partial charge in [-0.15, -0.1) is 11.3 Å². The van der Waals surface area contributed by atoms with E-state index in [9.17, 15) is 4.79 Å². The monoisotopic (exact) mass is 282 g/mol. The van der Waals surface area contributed by atoms with Crippen molar-refractivity contribution in [1.82, 2.24) is 4.98 Å². The highest BCUT2D eigenvalue weighted by molar-refractivity contribution is 9.10. The number of nitrogens with zero attached hydrogens (tertiary/aromatic N) is 1. The lowest BCUT2D eigenvalue weighted by atomic mass is 10.1. The molecule has 1 aromatic heterocycles. The van der Waals surface area contributed by atoms with Gasteiger partial charge >= 0.3 is 0 Å². The van der Waals surface area contributed by atoms with E-state index < -0.39 is 0 Å². The van der Waals surface area contributed by atoms with Crippen molar-refractivity contribution in [2.45, 2.75) is 0 Å². The molecule has 0 aliphatic rings. The highest BCUT2D eigenvalue weighted by Gasteiger charge is 2.11. The third kappa shape index (κ3) is 2.08. The van der Waals surface area contributed by atoms with Gasteiger partial charge in [-0.25, -0.2) is 4.98 Å². The highest BCUT2D eigenvalue weighted by Crippen LogP contribution is 2.22. The van der Waals surface area contributed by atoms with Crippen LogP contribution in [0.5, 0.6) is 0 Å². The molecule has 0 atom stereocenters. The minimum absolute atomic E-state index is 0.0862. The quantitative estimate of drug-likeness (QED) is 0.681. The Morgan fingerprint density at radius 2 is 2.27 bits per heavy atom. The summed E-state index contributed by atoms with van der Waals surface area (Å²) in [4.78, 5) is 15.8. The van der Waals surface area contributed by atoms with E-state index in [-0.39, 0.29) is 5.78 Å². The number of halogens is 1. The van der Waals surface area contributed by atoms with Gasteiger partial charge in [0.05, 0.1) is 5.51 Å². The lowest BCUT2D eigenvalue weighted by molar-refractivity contribution is 0.103. The number of hydrogen-bond acceptors (Lipinski definition) is 4. The maximum Gasteiger partial charge on any atom is 0.212 e. The van der Waals surface area contributed by atoms with Crippen LogP contribution in [0.2, 0.25) is 0 Å². The number of ketones is 1. The second-order valence-electron chi connectivity index (χ2n) is 2.94. The van der Waals surface area contributed by atoms with E-state index in [1.165, 1.54) is 11.3 Å². The van der Waals surface area contributed by atoms with E-state index in [1.54, 1.807) is 29.1 Å². The van der Waals surface area contributed by atoms with Crippen LogP contribution in [0.15, 0.2) is 33.6 Å². The van der Waals surface area contributed by atoms with Crippen LogP contribution in [-0.4, -0.2) is 10.8 Å². The van der Waals surface area contributed by atoms with Crippen molar-refractivity contribution >= 4 is 38.7 Å². The fourth-order valence-corrected chi connectivity index (χ4v) is 2.05. The third-order valence-corrected chi connectivity index (χ3v) is 3.20. The number of nitrogens with two attached hydrogens (primary N) is 1. The summed E-state index contributed by atoms with van der Waals surface area (Å²) in [6.07, 6.45) is 0. The van der Waals surface area contributed by atoms with Crippen LogP contribution in [0.1, 0.15) is 16.1 Å². The smallest absolute Gasteiger partial charge is 0.212 e. The molecule has 3 nitrogen and oxygen atoms in total. The highest BCUT2D eigenvalue weighted by atomic mass is 79.9. The first-order valence-electron chi connectivity index (χ1n) is 4.16. The van der Waals surface area contributed by atoms with Crippen LogP contribution in [0.25, 0.3) is 0 Å². The van der Waals surface area contributed by atoms with E-state index in [4.69, 9.17) is 5.73 Å². The van der Waals surface area contributed by atoms with Gasteiger partial charge in [0, 0.05) is 21.1 Å². The van der Waals surface area contributed by atoms with Crippen LogP contribution in [0, 0.1) is 0 Å². The van der Waals surface area contributed by atoms with Gasteiger partial charge in [-0.3, -0.25) is 4.79 Å². The Hall–Kier alpha value is -1.20. The van der Waals surface area contributed by atoms with E-state index in [0.29, 0.717) is 16.9 Å². The molecule has 0 fully saturated rings. The van der Waals surface area contributed by atoms with Crippen LogP contribution in [-0.2, 0) is 0 Å². The molecule has 0 aliphatic carbocycles. The van der Waals surface area contributed by atoms with E-state index in [1.807, 2.05) is 0 Å². The van der Waals surface area contributed by atoms with Crippen molar-refractivity contribution in [3.05, 3.63) is 44.8 Å². The molecular weight excluding hydrogens is 276 g/mol. The molecule has 0 amide bonds. The lowest BCUT2D eigenvalue weighted by Crippen LogP contribution is -2.02. The molecule has 0 spiro atoms. The number of carbonyl (C=O) groups excluding carboxylic acids is 1. The minimum Gasteiger partial charge on any atom is -0.398 e. The summed E-state index contributed by atoms with van der Waals surface area (Å²) in [6.45, 7) is 0. The number of anilines is 1. The van der Waals surface area contributed by atoms with Gasteiger partial charge in [0.15, 0.2) is 0 Å². The molecule has 15 heavy (non-hydrogen) atoms. The van der Waals surface area contributed by atoms with Gasteiger partial charge in [-0.2, -0.15) is 0 Å². The standard InChI is InChI=1S/C10H7BrN2OS/c11-7-3-6(1-2-8(7)12)10(14)9-4-15-5-13-9/h1-5H,12H2. The average molecular weight is 283 g/mol. The molecule has 0 aliphatic heterocycles. The molecule has 0 saturated carbocycles. The van der Waals surface area contributed by atoms with Gasteiger partial charge in [0.1, 0.15) is 5.69 Å². The fraction of sp³-hybridized carbons (Fsp3) is 0. The van der Waals surface area contributed by atoms with Gasteiger partial charge in [-0.1, -0.05) is 0 Å². The van der Waals surface area contributed by atoms with Crippen molar-refractivity contribution in [2.24, 2.45) is 0 Å². The Kier molecular flexibility index (Phi) is 2.83. The fourth-order valence-electron chi connectivity index (χ4n) is 1.14. The number of carbonyl (C=O) groups is 1. The second-order valence-corrected chi connectivity index (χ2v) is 4.51. The van der Waals surface area contributed by atoms with Crippen LogP contribution < -0.4 is 5.73 Å². The van der Waals surface area contributed by atoms with E-state index in [0.717, 1.165) is 4.47 Å². The zero-order valence-corrected chi connectivity index (χ0v) is 10.0. The summed E-state index contributed by atoms with van der Waals surface area (Å²) in [5.74, 6) is -0.0862. The molecule has 0 bridgehead atoms. The van der Waals surface area contributed by atoms with E-state index >= 15 is 0 Å². The van der Waals surface area contributed by atoms with E-state index in [2.05, 4.69) is 20.9 Å². The first-order valence-corrected chi connectivity index (χ1v) is 5.90. The van der Waals surface area contributed by atoms with Crippen LogP contribution >= 0.6 is 27.3 Å². The number of benzene rings is 1. The Morgan fingerprint density at radius 3 is 2.87 bits per heavy atom. The van der Waals surface area contributed by atoms with Crippen LogP contribution in [0.4, 0.5) is 5.69 Å². The summed E-state index contributed by atoms with van der Waals surface area (Å²) < 4.78 is 0.726. The molecule has 76 valence electrons. The maximum atomic E-state index is 11.9. The summed E-state index contributed by atoms with van der Waals surface area (Å²) in [7, 11) is 0. The van der Waals surface area contributed by atoms with Crippen molar-refractivity contribution in [2.75, 3.05) is 5.73 Å². The van der Waals surface area contributed by atoms with Crippen molar-refractivity contribution in [1.29, 1.82) is 0 Å². The molecule has 0 radical (unpaired) electrons. The SMILES string of the molecule is Nc1ccc(C(=O)c2cscn2)cc1Br. The Labute approximate surface area is 99.1 Å². The first-order chi connectivity index (χ1) is 7.18. The largest absolute Gasteiger partial charge is 0.398 e. The van der Waals surface area contributed by atoms with Crippen molar-refractivity contribution in [3.63, 3.8) is 0 Å². The summed E-state index contributed by atoms with van der Waals surface area (Å²) in [5, 5.41) is 1.73. The summed E-state index contributed by atoms with van der Waals surface area (Å²) >= 11 is 4.68. The molecule has 0 saturated heterocycles. The maximum absolute atomic E-state index is 11.9. The number of thiazole rings is 1. The molecule has 1 heterocycles. The predicted molar refractivity (Wildman–Crippen MR) is 64.1 cm³/mol. The molecule has 2 rings (SSSR count). The minimum atomic E-state index is -0.0862. The molecule has 1 aromatic carbocycles. The number of nitrogen functional groups attached to an aromatic ring is 1. The van der Waals surface area contributed by atoms with Crippen LogP contribution in [0.3, 0.4) is 0 Å². The molecule has 5 heteroatoms. The van der Waals surface area contributed by atoms with Gasteiger partial charge in [-0.05, 0) is 34.1 Å². The zero-order valence-electron chi connectivity index (χ0n) is 7.61. The third-order valence-electron chi connectivity index (χ3n) is 1.93. The topological polar surface area (TPSA) is 56.0 Å². The first kappa shape index (κ1) is 10.3. The number of hydrogen-bond donors (Lipinski definition) is 1. The van der Waals surface area contributed by atoms with Crippen molar-refractivity contribution < 1.29 is 4.79 Å². The molecular formula is C10H7BrN2OS. The summed E-state index contributed by atoms with van der Waals surface area (Å²) in [6, 6.07) is 5.10. The Morgan fingerprint density at radius 1 is 1.47 bits per heavy atom. The zero-order chi connectivity index (χ0) is 10.8. The Balaban J connectivity index is 2.39. The molecule has 0 unspecified atom stereocenters. The molecule has 2 aromatic rings. The van der Waals surface area contributed by atoms with Gasteiger partial charge in [0.2, 0.25) is 5.78 Å². The normalized spacial score (nSPS) is 10.2. The van der Waals surface area contributed by atoms with Gasteiger partial charge in [0.25, 0.3) is 0 Å². The van der Waals surface area contributed by atoms with Crippen molar-refractivity contribution in [3.8, 4) is 0 Å². The molecule has 2 N–H and O–H groups in total. The predicted octanol–water partition coefficient (Wildman–Crippen LogP) is 2.72. The summed E-state index contributed by atoms with van der Waals surface area (Å²) in [5.41, 5.74) is 8.94. The lowest BCUT2D eigenvalue weighted by Gasteiger charge is -2.01. The number of rotatable bonds is 2. The second kappa shape index (κ2) is 4.12. The Bertz CT molecular complexity index is 496. The number of aromatic nitrogens is 1.